The Morgan fingerprint density at radius 2 is 2.21 bits per heavy atom. The maximum atomic E-state index is 5.53. The molecule has 14 heavy (non-hydrogen) atoms. The van der Waals surface area contributed by atoms with Crippen LogP contribution in [0.15, 0.2) is 0 Å². The van der Waals surface area contributed by atoms with Crippen molar-refractivity contribution in [2.75, 3.05) is 25.4 Å². The van der Waals surface area contributed by atoms with Crippen LogP contribution in [-0.4, -0.2) is 36.8 Å². The fourth-order valence-corrected chi connectivity index (χ4v) is 3.02. The standard InChI is InChI=1S/C11H21NOS/c1-9-11(4-6-13-9)14-7-5-12-8-10-2-3-10/h9-12H,2-8H2,1H3. The van der Waals surface area contributed by atoms with Gasteiger partial charge in [0.15, 0.2) is 0 Å². The van der Waals surface area contributed by atoms with Crippen molar-refractivity contribution < 1.29 is 4.74 Å². The van der Waals surface area contributed by atoms with Gasteiger partial charge in [-0.15, -0.1) is 0 Å². The van der Waals surface area contributed by atoms with Crippen molar-refractivity contribution in [1.29, 1.82) is 0 Å². The fraction of sp³-hybridized carbons (Fsp3) is 1.00. The highest BCUT2D eigenvalue weighted by molar-refractivity contribution is 8.00. The van der Waals surface area contributed by atoms with E-state index in [1.165, 1.54) is 38.1 Å². The second-order valence-electron chi connectivity index (χ2n) is 4.42. The van der Waals surface area contributed by atoms with Gasteiger partial charge in [0, 0.05) is 24.2 Å². The summed E-state index contributed by atoms with van der Waals surface area (Å²) in [7, 11) is 0. The summed E-state index contributed by atoms with van der Waals surface area (Å²) < 4.78 is 5.53. The molecule has 1 saturated heterocycles. The Hall–Kier alpha value is 0.270. The largest absolute Gasteiger partial charge is 0.377 e. The molecule has 2 rings (SSSR count). The topological polar surface area (TPSA) is 21.3 Å². The number of thioether (sulfide) groups is 1. The average molecular weight is 215 g/mol. The van der Waals surface area contributed by atoms with Gasteiger partial charge in [-0.1, -0.05) is 0 Å². The second kappa shape index (κ2) is 5.38. The van der Waals surface area contributed by atoms with Crippen LogP contribution in [-0.2, 0) is 4.74 Å². The molecule has 0 aromatic rings. The fourth-order valence-electron chi connectivity index (χ4n) is 1.84. The summed E-state index contributed by atoms with van der Waals surface area (Å²) in [6.45, 7) is 5.58. The first-order valence-electron chi connectivity index (χ1n) is 5.80. The minimum Gasteiger partial charge on any atom is -0.377 e. The highest BCUT2D eigenvalue weighted by Gasteiger charge is 2.24. The Balaban J connectivity index is 1.45. The van der Waals surface area contributed by atoms with Gasteiger partial charge >= 0.3 is 0 Å². The van der Waals surface area contributed by atoms with Gasteiger partial charge in [-0.05, 0) is 38.6 Å². The predicted octanol–water partition coefficient (Wildman–Crippen LogP) is 1.90. The number of rotatable bonds is 6. The van der Waals surface area contributed by atoms with Gasteiger partial charge in [-0.25, -0.2) is 0 Å². The molecule has 82 valence electrons. The number of nitrogens with one attached hydrogen (secondary N) is 1. The first-order chi connectivity index (χ1) is 6.86. The van der Waals surface area contributed by atoms with E-state index in [1.54, 1.807) is 0 Å². The summed E-state index contributed by atoms with van der Waals surface area (Å²) in [5.41, 5.74) is 0. The second-order valence-corrected chi connectivity index (χ2v) is 5.77. The monoisotopic (exact) mass is 215 g/mol. The summed E-state index contributed by atoms with van der Waals surface area (Å²) in [4.78, 5) is 0. The quantitative estimate of drug-likeness (QED) is 0.684. The van der Waals surface area contributed by atoms with Crippen molar-refractivity contribution in [3.8, 4) is 0 Å². The van der Waals surface area contributed by atoms with Gasteiger partial charge in [0.1, 0.15) is 0 Å². The van der Waals surface area contributed by atoms with Crippen LogP contribution >= 0.6 is 11.8 Å². The number of hydrogen-bond acceptors (Lipinski definition) is 3. The van der Waals surface area contributed by atoms with Crippen LogP contribution in [0.5, 0.6) is 0 Å². The van der Waals surface area contributed by atoms with Gasteiger partial charge in [0.25, 0.3) is 0 Å². The molecule has 2 aliphatic rings. The summed E-state index contributed by atoms with van der Waals surface area (Å²) >= 11 is 2.08. The van der Waals surface area contributed by atoms with E-state index in [-0.39, 0.29) is 0 Å². The first kappa shape index (κ1) is 10.8. The van der Waals surface area contributed by atoms with Crippen molar-refractivity contribution in [2.24, 2.45) is 5.92 Å². The Bertz CT molecular complexity index is 173. The smallest absolute Gasteiger partial charge is 0.0666 e. The van der Waals surface area contributed by atoms with Crippen LogP contribution in [0.1, 0.15) is 26.2 Å². The maximum absolute atomic E-state index is 5.53. The van der Waals surface area contributed by atoms with Crippen molar-refractivity contribution in [2.45, 2.75) is 37.5 Å². The molecule has 0 aromatic heterocycles. The zero-order valence-corrected chi connectivity index (χ0v) is 9.81. The minimum absolute atomic E-state index is 0.475. The number of hydrogen-bond donors (Lipinski definition) is 1. The van der Waals surface area contributed by atoms with E-state index in [0.717, 1.165) is 17.8 Å². The molecule has 1 heterocycles. The third kappa shape index (κ3) is 3.44. The van der Waals surface area contributed by atoms with Crippen molar-refractivity contribution >= 4 is 11.8 Å². The van der Waals surface area contributed by atoms with E-state index in [0.29, 0.717) is 6.10 Å². The molecule has 2 atom stereocenters. The summed E-state index contributed by atoms with van der Waals surface area (Å²) in [6, 6.07) is 0. The molecular weight excluding hydrogens is 194 g/mol. The zero-order valence-electron chi connectivity index (χ0n) is 9.00. The van der Waals surface area contributed by atoms with E-state index in [4.69, 9.17) is 4.74 Å². The molecule has 1 saturated carbocycles. The summed E-state index contributed by atoms with van der Waals surface area (Å²) in [5.74, 6) is 2.25. The Morgan fingerprint density at radius 3 is 2.86 bits per heavy atom. The zero-order chi connectivity index (χ0) is 9.80. The SMILES string of the molecule is CC1OCCC1SCCNCC1CC1. The van der Waals surface area contributed by atoms with Crippen LogP contribution in [0.25, 0.3) is 0 Å². The van der Waals surface area contributed by atoms with E-state index < -0.39 is 0 Å². The van der Waals surface area contributed by atoms with Crippen molar-refractivity contribution in [3.63, 3.8) is 0 Å². The third-order valence-electron chi connectivity index (χ3n) is 3.05. The van der Waals surface area contributed by atoms with Gasteiger partial charge in [-0.3, -0.25) is 0 Å². The van der Waals surface area contributed by atoms with Crippen LogP contribution in [0, 0.1) is 5.92 Å². The molecule has 0 bridgehead atoms. The molecule has 1 aliphatic carbocycles. The first-order valence-corrected chi connectivity index (χ1v) is 6.85. The van der Waals surface area contributed by atoms with Crippen LogP contribution < -0.4 is 5.32 Å². The number of ether oxygens (including phenoxy) is 1. The lowest BCUT2D eigenvalue weighted by Gasteiger charge is -2.13. The molecule has 0 amide bonds. The van der Waals surface area contributed by atoms with Crippen LogP contribution in [0.2, 0.25) is 0 Å². The minimum atomic E-state index is 0.475. The van der Waals surface area contributed by atoms with E-state index in [9.17, 15) is 0 Å². The Labute approximate surface area is 91.2 Å². The third-order valence-corrected chi connectivity index (χ3v) is 4.53. The normalized spacial score (nSPS) is 32.4. The predicted molar refractivity (Wildman–Crippen MR) is 61.9 cm³/mol. The molecule has 0 spiro atoms. The van der Waals surface area contributed by atoms with E-state index in [2.05, 4.69) is 24.0 Å². The molecule has 1 N–H and O–H groups in total. The average Bonchev–Trinajstić information content (AvgIpc) is 2.91. The van der Waals surface area contributed by atoms with E-state index >= 15 is 0 Å². The molecule has 2 unspecified atom stereocenters. The lowest BCUT2D eigenvalue weighted by atomic mass is 10.3. The van der Waals surface area contributed by atoms with Crippen LogP contribution in [0.3, 0.4) is 0 Å². The molecular formula is C11H21NOS. The Kier molecular flexibility index (Phi) is 4.14. The Morgan fingerprint density at radius 1 is 1.36 bits per heavy atom. The van der Waals surface area contributed by atoms with Gasteiger partial charge in [-0.2, -0.15) is 11.8 Å². The lowest BCUT2D eigenvalue weighted by Crippen LogP contribution is -2.22. The van der Waals surface area contributed by atoms with Gasteiger partial charge in [0.2, 0.25) is 0 Å². The molecule has 3 heteroatoms. The van der Waals surface area contributed by atoms with Gasteiger partial charge in [0.05, 0.1) is 6.10 Å². The molecule has 0 aromatic carbocycles. The van der Waals surface area contributed by atoms with E-state index in [1.807, 2.05) is 0 Å². The molecule has 0 radical (unpaired) electrons. The summed E-state index contributed by atoms with van der Waals surface area (Å²) in [5, 5.41) is 4.27. The van der Waals surface area contributed by atoms with Crippen LogP contribution in [0.4, 0.5) is 0 Å². The molecule has 2 fully saturated rings. The van der Waals surface area contributed by atoms with Crippen molar-refractivity contribution in [3.05, 3.63) is 0 Å². The molecule has 2 nitrogen and oxygen atoms in total. The van der Waals surface area contributed by atoms with Crippen molar-refractivity contribution in [1.82, 2.24) is 5.32 Å². The van der Waals surface area contributed by atoms with Gasteiger partial charge < -0.3 is 10.1 Å². The highest BCUT2D eigenvalue weighted by Crippen LogP contribution is 2.28. The highest BCUT2D eigenvalue weighted by atomic mass is 32.2. The summed E-state index contributed by atoms with van der Waals surface area (Å²) in [6.07, 6.45) is 4.62. The maximum Gasteiger partial charge on any atom is 0.0666 e. The molecule has 1 aliphatic heterocycles. The lowest BCUT2D eigenvalue weighted by molar-refractivity contribution is 0.127.